The molecule has 1 aromatic carbocycles. The minimum atomic E-state index is -0.0851. The fraction of sp³-hybridized carbons (Fsp3) is 0.400. The predicted molar refractivity (Wildman–Crippen MR) is 94.3 cm³/mol. The standard InChI is InChI=1S/C20H26N2O/c1-15(2)19(18-7-5-16(3)6-8-18)20(23)22(4)14-11-17-9-12-21-13-10-17/h5-10,12-13,15,19H,11,14H2,1-4H3. The van der Waals surface area contributed by atoms with E-state index in [2.05, 4.69) is 50.0 Å². The molecule has 2 aromatic rings. The Balaban J connectivity index is 2.06. The lowest BCUT2D eigenvalue weighted by molar-refractivity contribution is -0.132. The summed E-state index contributed by atoms with van der Waals surface area (Å²) in [5.74, 6) is 0.379. The number of amides is 1. The zero-order valence-corrected chi connectivity index (χ0v) is 14.5. The van der Waals surface area contributed by atoms with Crippen molar-refractivity contribution in [2.45, 2.75) is 33.1 Å². The first-order valence-electron chi connectivity index (χ1n) is 8.19. The number of rotatable bonds is 6. The zero-order valence-electron chi connectivity index (χ0n) is 14.5. The number of aromatic nitrogens is 1. The highest BCUT2D eigenvalue weighted by Gasteiger charge is 2.26. The van der Waals surface area contributed by atoms with E-state index in [0.717, 1.165) is 18.5 Å². The minimum absolute atomic E-state index is 0.0851. The van der Waals surface area contributed by atoms with Gasteiger partial charge in [-0.3, -0.25) is 9.78 Å². The molecule has 3 nitrogen and oxygen atoms in total. The van der Waals surface area contributed by atoms with Crippen LogP contribution in [0.1, 0.15) is 36.5 Å². The van der Waals surface area contributed by atoms with Crippen LogP contribution >= 0.6 is 0 Å². The summed E-state index contributed by atoms with van der Waals surface area (Å²) in [7, 11) is 1.90. The molecule has 1 aromatic heterocycles. The molecule has 23 heavy (non-hydrogen) atoms. The lowest BCUT2D eigenvalue weighted by Crippen LogP contribution is -2.35. The predicted octanol–water partition coefficient (Wildman–Crippen LogP) is 3.83. The molecule has 0 radical (unpaired) electrons. The summed E-state index contributed by atoms with van der Waals surface area (Å²) in [5, 5.41) is 0. The van der Waals surface area contributed by atoms with Crippen LogP contribution in [0.2, 0.25) is 0 Å². The molecule has 1 unspecified atom stereocenters. The average molecular weight is 310 g/mol. The van der Waals surface area contributed by atoms with Crippen molar-refractivity contribution in [2.75, 3.05) is 13.6 Å². The Morgan fingerprint density at radius 2 is 1.70 bits per heavy atom. The molecular weight excluding hydrogens is 284 g/mol. The maximum absolute atomic E-state index is 12.9. The molecule has 0 fully saturated rings. The number of aryl methyl sites for hydroxylation is 1. The molecule has 1 atom stereocenters. The smallest absolute Gasteiger partial charge is 0.230 e. The van der Waals surface area contributed by atoms with Crippen LogP contribution in [0.25, 0.3) is 0 Å². The van der Waals surface area contributed by atoms with Gasteiger partial charge in [-0.2, -0.15) is 0 Å². The van der Waals surface area contributed by atoms with Gasteiger partial charge in [-0.05, 0) is 42.5 Å². The van der Waals surface area contributed by atoms with Gasteiger partial charge in [0.25, 0.3) is 0 Å². The second-order valence-corrected chi connectivity index (χ2v) is 6.50. The van der Waals surface area contributed by atoms with Crippen molar-refractivity contribution in [1.29, 1.82) is 0 Å². The first-order chi connectivity index (χ1) is 11.0. The van der Waals surface area contributed by atoms with Gasteiger partial charge in [0, 0.05) is 26.0 Å². The van der Waals surface area contributed by atoms with Gasteiger partial charge in [0.1, 0.15) is 0 Å². The van der Waals surface area contributed by atoms with Crippen molar-refractivity contribution < 1.29 is 4.79 Å². The third-order valence-electron chi connectivity index (χ3n) is 4.23. The molecule has 1 amide bonds. The molecule has 3 heteroatoms. The quantitative estimate of drug-likeness (QED) is 0.812. The van der Waals surface area contributed by atoms with Crippen molar-refractivity contribution in [1.82, 2.24) is 9.88 Å². The van der Waals surface area contributed by atoms with E-state index in [1.807, 2.05) is 24.1 Å². The van der Waals surface area contributed by atoms with E-state index in [9.17, 15) is 4.79 Å². The van der Waals surface area contributed by atoms with Crippen molar-refractivity contribution in [3.8, 4) is 0 Å². The third-order valence-corrected chi connectivity index (χ3v) is 4.23. The van der Waals surface area contributed by atoms with Gasteiger partial charge in [0.05, 0.1) is 5.92 Å². The van der Waals surface area contributed by atoms with Crippen LogP contribution in [0.3, 0.4) is 0 Å². The SMILES string of the molecule is Cc1ccc(C(C(=O)N(C)CCc2ccncc2)C(C)C)cc1. The van der Waals surface area contributed by atoms with Gasteiger partial charge in [-0.1, -0.05) is 43.7 Å². The molecular formula is C20H26N2O. The Hall–Kier alpha value is -2.16. The van der Waals surface area contributed by atoms with Gasteiger partial charge >= 0.3 is 0 Å². The van der Waals surface area contributed by atoms with Crippen molar-refractivity contribution in [2.24, 2.45) is 5.92 Å². The molecule has 1 heterocycles. The highest BCUT2D eigenvalue weighted by Crippen LogP contribution is 2.26. The molecule has 0 saturated carbocycles. The van der Waals surface area contributed by atoms with Crippen LogP contribution in [0.5, 0.6) is 0 Å². The molecule has 0 aliphatic rings. The van der Waals surface area contributed by atoms with Crippen LogP contribution in [0.4, 0.5) is 0 Å². The number of carbonyl (C=O) groups excluding carboxylic acids is 1. The van der Waals surface area contributed by atoms with E-state index in [0.29, 0.717) is 0 Å². The number of hydrogen-bond donors (Lipinski definition) is 0. The Kier molecular flexibility index (Phi) is 5.91. The minimum Gasteiger partial charge on any atom is -0.345 e. The van der Waals surface area contributed by atoms with Crippen LogP contribution in [0.15, 0.2) is 48.8 Å². The summed E-state index contributed by atoms with van der Waals surface area (Å²) in [6.45, 7) is 7.01. The number of carbonyl (C=O) groups is 1. The largest absolute Gasteiger partial charge is 0.345 e. The Bertz CT molecular complexity index is 620. The average Bonchev–Trinajstić information content (AvgIpc) is 2.55. The number of nitrogens with zero attached hydrogens (tertiary/aromatic N) is 2. The van der Waals surface area contributed by atoms with Gasteiger partial charge in [0.2, 0.25) is 5.91 Å². The highest BCUT2D eigenvalue weighted by atomic mass is 16.2. The van der Waals surface area contributed by atoms with Crippen molar-refractivity contribution in [3.63, 3.8) is 0 Å². The maximum atomic E-state index is 12.9. The summed E-state index contributed by atoms with van der Waals surface area (Å²) in [4.78, 5) is 18.8. The summed E-state index contributed by atoms with van der Waals surface area (Å²) in [6, 6.07) is 12.3. The van der Waals surface area contributed by atoms with Crippen molar-refractivity contribution in [3.05, 3.63) is 65.5 Å². The van der Waals surface area contributed by atoms with Crippen molar-refractivity contribution >= 4 is 5.91 Å². The molecule has 0 N–H and O–H groups in total. The fourth-order valence-electron chi connectivity index (χ4n) is 2.78. The zero-order chi connectivity index (χ0) is 16.8. The fourth-order valence-corrected chi connectivity index (χ4v) is 2.78. The summed E-state index contributed by atoms with van der Waals surface area (Å²) >= 11 is 0. The Labute approximate surface area is 139 Å². The Morgan fingerprint density at radius 1 is 1.09 bits per heavy atom. The van der Waals surface area contributed by atoms with E-state index >= 15 is 0 Å². The number of pyridine rings is 1. The first kappa shape index (κ1) is 17.2. The number of benzene rings is 1. The second-order valence-electron chi connectivity index (χ2n) is 6.50. The maximum Gasteiger partial charge on any atom is 0.230 e. The lowest BCUT2D eigenvalue weighted by Gasteiger charge is -2.27. The number of likely N-dealkylation sites (N-methyl/N-ethyl adjacent to an activating group) is 1. The second kappa shape index (κ2) is 7.91. The monoisotopic (exact) mass is 310 g/mol. The first-order valence-corrected chi connectivity index (χ1v) is 8.19. The van der Waals surface area contributed by atoms with Crippen LogP contribution in [-0.4, -0.2) is 29.4 Å². The van der Waals surface area contributed by atoms with Crippen LogP contribution in [-0.2, 0) is 11.2 Å². The van der Waals surface area contributed by atoms with Crippen LogP contribution in [0, 0.1) is 12.8 Å². The normalized spacial score (nSPS) is 12.2. The molecule has 2 rings (SSSR count). The molecule has 0 aliphatic heterocycles. The Morgan fingerprint density at radius 3 is 2.26 bits per heavy atom. The van der Waals surface area contributed by atoms with Gasteiger partial charge in [-0.25, -0.2) is 0 Å². The third kappa shape index (κ3) is 4.65. The van der Waals surface area contributed by atoms with E-state index in [1.54, 1.807) is 12.4 Å². The molecule has 0 saturated heterocycles. The summed E-state index contributed by atoms with van der Waals surface area (Å²) < 4.78 is 0. The topological polar surface area (TPSA) is 33.2 Å². The summed E-state index contributed by atoms with van der Waals surface area (Å²) in [6.07, 6.45) is 4.43. The van der Waals surface area contributed by atoms with E-state index in [-0.39, 0.29) is 17.7 Å². The number of hydrogen-bond acceptors (Lipinski definition) is 2. The summed E-state index contributed by atoms with van der Waals surface area (Å²) in [5.41, 5.74) is 3.53. The van der Waals surface area contributed by atoms with Gasteiger partial charge < -0.3 is 4.90 Å². The molecule has 122 valence electrons. The molecule has 0 bridgehead atoms. The van der Waals surface area contributed by atoms with Crippen LogP contribution < -0.4 is 0 Å². The van der Waals surface area contributed by atoms with E-state index in [4.69, 9.17) is 0 Å². The lowest BCUT2D eigenvalue weighted by atomic mass is 9.87. The van der Waals surface area contributed by atoms with Gasteiger partial charge in [-0.15, -0.1) is 0 Å². The molecule has 0 spiro atoms. The molecule has 0 aliphatic carbocycles. The highest BCUT2D eigenvalue weighted by molar-refractivity contribution is 5.83. The van der Waals surface area contributed by atoms with Gasteiger partial charge in [0.15, 0.2) is 0 Å². The van der Waals surface area contributed by atoms with E-state index in [1.165, 1.54) is 11.1 Å². The van der Waals surface area contributed by atoms with E-state index < -0.39 is 0 Å².